The maximum atomic E-state index is 10.6. The number of hydrogen-bond donors (Lipinski definition) is 1. The zero-order chi connectivity index (χ0) is 19.4. The topological polar surface area (TPSA) is 75.6 Å². The largest absolute Gasteiger partial charge is 0.497 e. The highest BCUT2D eigenvalue weighted by molar-refractivity contribution is 5.26. The molecule has 2 saturated heterocycles. The summed E-state index contributed by atoms with van der Waals surface area (Å²) in [5.41, 5.74) is 0.988. The molecule has 0 saturated carbocycles. The number of fused-ring (bicyclic) bond motifs is 1. The van der Waals surface area contributed by atoms with Crippen molar-refractivity contribution in [2.24, 2.45) is 0 Å². The second-order valence-corrected chi connectivity index (χ2v) is 7.09. The quantitative estimate of drug-likeness (QED) is 0.657. The van der Waals surface area contributed by atoms with Gasteiger partial charge in [-0.25, -0.2) is 0 Å². The third-order valence-electron chi connectivity index (χ3n) is 4.52. The van der Waals surface area contributed by atoms with Gasteiger partial charge < -0.3 is 33.5 Å². The molecule has 0 bridgehead atoms. The molecule has 2 aliphatic rings. The molecule has 2 aliphatic heterocycles. The number of aliphatic hydroxyl groups is 1. The molecule has 1 N–H and O–H groups in total. The highest BCUT2D eigenvalue weighted by Gasteiger charge is 2.57. The van der Waals surface area contributed by atoms with Crippen LogP contribution in [0.25, 0.3) is 0 Å². The van der Waals surface area contributed by atoms with Crippen LogP contribution < -0.4 is 4.74 Å². The van der Waals surface area contributed by atoms with E-state index >= 15 is 0 Å². The summed E-state index contributed by atoms with van der Waals surface area (Å²) >= 11 is 0. The first-order valence-corrected chi connectivity index (χ1v) is 9.06. The van der Waals surface area contributed by atoms with E-state index in [2.05, 4.69) is 6.58 Å². The third kappa shape index (κ3) is 4.87. The van der Waals surface area contributed by atoms with Crippen LogP contribution in [0.5, 0.6) is 5.75 Å². The van der Waals surface area contributed by atoms with Gasteiger partial charge >= 0.3 is 0 Å². The normalized spacial score (nSPS) is 30.1. The van der Waals surface area contributed by atoms with E-state index in [1.54, 1.807) is 13.2 Å². The molecule has 7 heteroatoms. The molecular formula is C20H28O7. The Labute approximate surface area is 159 Å². The van der Waals surface area contributed by atoms with Gasteiger partial charge in [-0.1, -0.05) is 18.2 Å². The number of methoxy groups -OCH3 is 1. The second-order valence-electron chi connectivity index (χ2n) is 7.09. The molecule has 0 aromatic heterocycles. The van der Waals surface area contributed by atoms with Crippen molar-refractivity contribution in [1.29, 1.82) is 0 Å². The van der Waals surface area contributed by atoms with Gasteiger partial charge in [0.05, 0.1) is 26.9 Å². The molecule has 0 aliphatic carbocycles. The van der Waals surface area contributed by atoms with Crippen molar-refractivity contribution < 1.29 is 33.5 Å². The van der Waals surface area contributed by atoms with Crippen molar-refractivity contribution in [2.45, 2.75) is 56.9 Å². The van der Waals surface area contributed by atoms with Crippen LogP contribution in [0.2, 0.25) is 0 Å². The summed E-state index contributed by atoms with van der Waals surface area (Å²) in [4.78, 5) is 0. The molecule has 27 heavy (non-hydrogen) atoms. The van der Waals surface area contributed by atoms with Gasteiger partial charge in [-0.15, -0.1) is 6.58 Å². The highest BCUT2D eigenvalue weighted by Crippen LogP contribution is 2.40. The Morgan fingerprint density at radius 1 is 1.22 bits per heavy atom. The summed E-state index contributed by atoms with van der Waals surface area (Å²) in [6.07, 6.45) is -1.26. The fourth-order valence-electron chi connectivity index (χ4n) is 3.31. The monoisotopic (exact) mass is 380 g/mol. The molecule has 2 fully saturated rings. The van der Waals surface area contributed by atoms with E-state index in [0.29, 0.717) is 13.2 Å². The van der Waals surface area contributed by atoms with Crippen molar-refractivity contribution in [1.82, 2.24) is 0 Å². The summed E-state index contributed by atoms with van der Waals surface area (Å²) in [6, 6.07) is 7.58. The van der Waals surface area contributed by atoms with Crippen LogP contribution in [0.4, 0.5) is 0 Å². The van der Waals surface area contributed by atoms with E-state index in [4.69, 9.17) is 28.4 Å². The molecule has 3 rings (SSSR count). The zero-order valence-corrected chi connectivity index (χ0v) is 16.0. The summed E-state index contributed by atoms with van der Waals surface area (Å²) in [5, 5.41) is 10.6. The third-order valence-corrected chi connectivity index (χ3v) is 4.52. The predicted octanol–water partition coefficient (Wildman–Crippen LogP) is 2.02. The van der Waals surface area contributed by atoms with Crippen LogP contribution in [0, 0.1) is 0 Å². The molecule has 1 aromatic rings. The summed E-state index contributed by atoms with van der Waals surface area (Å²) in [7, 11) is 1.62. The molecule has 1 aromatic carbocycles. The molecule has 5 atom stereocenters. The van der Waals surface area contributed by atoms with Gasteiger partial charge in [0, 0.05) is 0 Å². The summed E-state index contributed by atoms with van der Waals surface area (Å²) < 4.78 is 34.1. The minimum atomic E-state index is -0.870. The molecular weight excluding hydrogens is 352 g/mol. The van der Waals surface area contributed by atoms with Crippen molar-refractivity contribution in [2.75, 3.05) is 20.3 Å². The van der Waals surface area contributed by atoms with E-state index in [0.717, 1.165) is 11.3 Å². The SMILES string of the molecule is C=CCO[C@@H]1O[C@H]([C@H](O)COCc2ccc(OC)cc2)[C@@H]2OC(C)(C)O[C@H]12. The fraction of sp³-hybridized carbons (Fsp3) is 0.600. The number of hydrogen-bond acceptors (Lipinski definition) is 7. The maximum absolute atomic E-state index is 10.6. The van der Waals surface area contributed by atoms with Gasteiger partial charge in [-0.3, -0.25) is 0 Å². The van der Waals surface area contributed by atoms with E-state index in [-0.39, 0.29) is 6.61 Å². The Morgan fingerprint density at radius 3 is 2.59 bits per heavy atom. The lowest BCUT2D eigenvalue weighted by molar-refractivity contribution is -0.243. The summed E-state index contributed by atoms with van der Waals surface area (Å²) in [5.74, 6) is 0.0346. The molecule has 0 spiro atoms. The number of rotatable bonds is 9. The lowest BCUT2D eigenvalue weighted by Crippen LogP contribution is -2.41. The van der Waals surface area contributed by atoms with E-state index < -0.39 is 36.5 Å². The van der Waals surface area contributed by atoms with Gasteiger partial charge in [0.15, 0.2) is 12.1 Å². The van der Waals surface area contributed by atoms with Crippen molar-refractivity contribution in [3.8, 4) is 5.75 Å². The van der Waals surface area contributed by atoms with E-state index in [9.17, 15) is 5.11 Å². The smallest absolute Gasteiger partial charge is 0.187 e. The first-order chi connectivity index (χ1) is 12.9. The molecule has 0 unspecified atom stereocenters. The zero-order valence-electron chi connectivity index (χ0n) is 16.0. The maximum Gasteiger partial charge on any atom is 0.187 e. The van der Waals surface area contributed by atoms with Crippen LogP contribution in [0.3, 0.4) is 0 Å². The van der Waals surface area contributed by atoms with E-state index in [1.807, 2.05) is 38.1 Å². The number of aliphatic hydroxyl groups excluding tert-OH is 1. The Balaban J connectivity index is 1.54. The van der Waals surface area contributed by atoms with E-state index in [1.165, 1.54) is 0 Å². The van der Waals surface area contributed by atoms with Crippen LogP contribution in [-0.2, 0) is 30.3 Å². The first-order valence-electron chi connectivity index (χ1n) is 9.06. The van der Waals surface area contributed by atoms with Crippen LogP contribution >= 0.6 is 0 Å². The van der Waals surface area contributed by atoms with Gasteiger partial charge in [-0.05, 0) is 31.5 Å². The number of ether oxygens (including phenoxy) is 6. The average Bonchev–Trinajstić information content (AvgIpc) is 3.13. The van der Waals surface area contributed by atoms with Crippen LogP contribution in [0.1, 0.15) is 19.4 Å². The average molecular weight is 380 g/mol. The predicted molar refractivity (Wildman–Crippen MR) is 97.3 cm³/mol. The lowest BCUT2D eigenvalue weighted by atomic mass is 10.1. The molecule has 7 nitrogen and oxygen atoms in total. The fourth-order valence-corrected chi connectivity index (χ4v) is 3.31. The highest BCUT2D eigenvalue weighted by atomic mass is 16.8. The summed E-state index contributed by atoms with van der Waals surface area (Å²) in [6.45, 7) is 8.12. The van der Waals surface area contributed by atoms with Gasteiger partial charge in [0.1, 0.15) is 30.2 Å². The molecule has 2 heterocycles. The Hall–Kier alpha value is -1.48. The Morgan fingerprint density at radius 2 is 1.93 bits per heavy atom. The van der Waals surface area contributed by atoms with Gasteiger partial charge in [0.2, 0.25) is 0 Å². The molecule has 0 amide bonds. The standard InChI is InChI=1S/C20H28O7/c1-5-10-24-19-18-17(26-20(2,3)27-18)16(25-19)15(21)12-23-11-13-6-8-14(22-4)9-7-13/h5-9,15-19,21H,1,10-12H2,2-4H3/t15-,16-,17+,18+,19-/m1/s1. The minimum absolute atomic E-state index is 0.109. The van der Waals surface area contributed by atoms with Crippen molar-refractivity contribution in [3.63, 3.8) is 0 Å². The molecule has 150 valence electrons. The minimum Gasteiger partial charge on any atom is -0.497 e. The Kier molecular flexibility index (Phi) is 6.52. The molecule has 0 radical (unpaired) electrons. The number of benzene rings is 1. The second kappa shape index (κ2) is 8.68. The Bertz CT molecular complexity index is 615. The van der Waals surface area contributed by atoms with Crippen molar-refractivity contribution >= 4 is 0 Å². The van der Waals surface area contributed by atoms with Gasteiger partial charge in [0.25, 0.3) is 0 Å². The van der Waals surface area contributed by atoms with Crippen LogP contribution in [0.15, 0.2) is 36.9 Å². The van der Waals surface area contributed by atoms with Crippen molar-refractivity contribution in [3.05, 3.63) is 42.5 Å². The first kappa shape index (κ1) is 20.3. The van der Waals surface area contributed by atoms with Crippen LogP contribution in [-0.4, -0.2) is 61.9 Å². The lowest BCUT2D eigenvalue weighted by Gasteiger charge is -2.26. The van der Waals surface area contributed by atoms with Gasteiger partial charge in [-0.2, -0.15) is 0 Å².